The highest BCUT2D eigenvalue weighted by Gasteiger charge is 2.20. The van der Waals surface area contributed by atoms with Crippen molar-refractivity contribution in [3.05, 3.63) is 29.0 Å². The van der Waals surface area contributed by atoms with E-state index in [-0.39, 0.29) is 12.6 Å². The molecule has 0 unspecified atom stereocenters. The van der Waals surface area contributed by atoms with Gasteiger partial charge < -0.3 is 15.2 Å². The normalized spacial score (nSPS) is 11.0. The van der Waals surface area contributed by atoms with Crippen LogP contribution in [0.15, 0.2) is 18.6 Å². The Morgan fingerprint density at radius 1 is 1.46 bits per heavy atom. The molecule has 0 aliphatic rings. The summed E-state index contributed by atoms with van der Waals surface area (Å²) in [5, 5.41) is 17.2. The number of rotatable bonds is 6. The first-order chi connectivity index (χ1) is 11.6. The summed E-state index contributed by atoms with van der Waals surface area (Å²) < 4.78 is 6.72. The van der Waals surface area contributed by atoms with E-state index in [2.05, 4.69) is 20.4 Å². The molecule has 0 amide bonds. The molecule has 3 heterocycles. The molecule has 3 aromatic rings. The van der Waals surface area contributed by atoms with E-state index in [9.17, 15) is 4.79 Å². The molecule has 0 aromatic carbocycles. The monoisotopic (exact) mass is 347 g/mol. The summed E-state index contributed by atoms with van der Waals surface area (Å²) in [6.45, 7) is 4.39. The lowest BCUT2D eigenvalue weighted by molar-refractivity contribution is 0.0531. The number of aliphatic hydroxyl groups is 1. The summed E-state index contributed by atoms with van der Waals surface area (Å²) in [6, 6.07) is 1.79. The topological polar surface area (TPSA) is 102 Å². The second kappa shape index (κ2) is 6.93. The van der Waals surface area contributed by atoms with Crippen LogP contribution in [0.3, 0.4) is 0 Å². The number of nitrogens with zero attached hydrogens (tertiary/aromatic N) is 4. The number of hydrogen-bond acceptors (Lipinski definition) is 8. The SMILES string of the molecule is CCOC(=O)c1sc2ncnc(Nc3ccn(CCO)n3)c2c1C. The van der Waals surface area contributed by atoms with E-state index in [1.165, 1.54) is 17.7 Å². The summed E-state index contributed by atoms with van der Waals surface area (Å²) >= 11 is 1.29. The van der Waals surface area contributed by atoms with Crippen LogP contribution in [0, 0.1) is 6.92 Å². The van der Waals surface area contributed by atoms with Gasteiger partial charge in [0.05, 0.1) is 25.1 Å². The van der Waals surface area contributed by atoms with Crippen LogP contribution in [0.1, 0.15) is 22.2 Å². The number of hydrogen-bond donors (Lipinski definition) is 2. The largest absolute Gasteiger partial charge is 0.462 e. The molecule has 0 saturated carbocycles. The van der Waals surface area contributed by atoms with Gasteiger partial charge in [-0.3, -0.25) is 4.68 Å². The molecule has 0 radical (unpaired) electrons. The summed E-state index contributed by atoms with van der Waals surface area (Å²) in [7, 11) is 0. The van der Waals surface area contributed by atoms with Crippen molar-refractivity contribution < 1.29 is 14.6 Å². The lowest BCUT2D eigenvalue weighted by atomic mass is 10.2. The summed E-state index contributed by atoms with van der Waals surface area (Å²) in [6.07, 6.45) is 3.21. The Morgan fingerprint density at radius 2 is 2.29 bits per heavy atom. The van der Waals surface area contributed by atoms with E-state index < -0.39 is 0 Å². The standard InChI is InChI=1S/C15H17N5O3S/c1-3-23-15(22)12-9(2)11-13(16-8-17-14(11)24-12)18-10-4-5-20(19-10)6-7-21/h4-5,8,21H,3,6-7H2,1-2H3,(H,16,17,18,19). The number of ether oxygens (including phenoxy) is 1. The van der Waals surface area contributed by atoms with Gasteiger partial charge in [-0.25, -0.2) is 14.8 Å². The van der Waals surface area contributed by atoms with Crippen LogP contribution in [0.25, 0.3) is 10.2 Å². The van der Waals surface area contributed by atoms with Gasteiger partial charge in [-0.15, -0.1) is 11.3 Å². The molecule has 3 rings (SSSR count). The van der Waals surface area contributed by atoms with Gasteiger partial charge in [-0.05, 0) is 19.4 Å². The number of thiophene rings is 1. The van der Waals surface area contributed by atoms with E-state index in [1.54, 1.807) is 23.9 Å². The fraction of sp³-hybridized carbons (Fsp3) is 0.333. The Morgan fingerprint density at radius 3 is 3.04 bits per heavy atom. The van der Waals surface area contributed by atoms with Crippen molar-refractivity contribution in [3.63, 3.8) is 0 Å². The third-order valence-corrected chi connectivity index (χ3v) is 4.58. The van der Waals surface area contributed by atoms with Crippen molar-refractivity contribution in [2.24, 2.45) is 0 Å². The Bertz CT molecular complexity index is 873. The van der Waals surface area contributed by atoms with Crippen molar-refractivity contribution in [2.45, 2.75) is 20.4 Å². The smallest absolute Gasteiger partial charge is 0.348 e. The molecule has 0 saturated heterocycles. The van der Waals surface area contributed by atoms with Crippen molar-refractivity contribution in [1.29, 1.82) is 0 Å². The molecular formula is C15H17N5O3S. The number of carbonyl (C=O) groups is 1. The molecule has 3 aromatic heterocycles. The highest BCUT2D eigenvalue weighted by Crippen LogP contribution is 2.34. The van der Waals surface area contributed by atoms with E-state index in [0.717, 1.165) is 10.9 Å². The van der Waals surface area contributed by atoms with Crippen LogP contribution in [0.5, 0.6) is 0 Å². The highest BCUT2D eigenvalue weighted by atomic mass is 32.1. The zero-order valence-corrected chi connectivity index (χ0v) is 14.1. The maximum absolute atomic E-state index is 12.1. The van der Waals surface area contributed by atoms with Crippen LogP contribution in [0.2, 0.25) is 0 Å². The number of nitrogens with one attached hydrogen (secondary N) is 1. The second-order valence-electron chi connectivity index (χ2n) is 4.99. The van der Waals surface area contributed by atoms with Crippen molar-refractivity contribution in [2.75, 3.05) is 18.5 Å². The van der Waals surface area contributed by atoms with Gasteiger partial charge in [-0.1, -0.05) is 0 Å². The number of fused-ring (bicyclic) bond motifs is 1. The Hall–Kier alpha value is -2.52. The van der Waals surface area contributed by atoms with Crippen molar-refractivity contribution in [1.82, 2.24) is 19.7 Å². The minimum Gasteiger partial charge on any atom is -0.462 e. The molecule has 0 spiro atoms. The Kier molecular flexibility index (Phi) is 4.72. The molecular weight excluding hydrogens is 330 g/mol. The van der Waals surface area contributed by atoms with E-state index in [0.29, 0.717) is 34.5 Å². The van der Waals surface area contributed by atoms with Crippen LogP contribution >= 0.6 is 11.3 Å². The number of aliphatic hydroxyl groups excluding tert-OH is 1. The molecule has 0 atom stereocenters. The number of esters is 1. The number of aryl methyl sites for hydroxylation is 1. The minimum absolute atomic E-state index is 0.0193. The lowest BCUT2D eigenvalue weighted by Crippen LogP contribution is -2.04. The van der Waals surface area contributed by atoms with Gasteiger partial charge in [0.1, 0.15) is 21.9 Å². The zero-order chi connectivity index (χ0) is 17.1. The summed E-state index contributed by atoms with van der Waals surface area (Å²) in [4.78, 5) is 21.8. The third-order valence-electron chi connectivity index (χ3n) is 3.40. The number of anilines is 2. The first kappa shape index (κ1) is 16.3. The molecule has 0 aliphatic carbocycles. The molecule has 2 N–H and O–H groups in total. The van der Waals surface area contributed by atoms with Crippen molar-refractivity contribution >= 4 is 39.2 Å². The van der Waals surface area contributed by atoms with Gasteiger partial charge in [-0.2, -0.15) is 5.10 Å². The van der Waals surface area contributed by atoms with Gasteiger partial charge in [0.2, 0.25) is 0 Å². The van der Waals surface area contributed by atoms with E-state index in [1.807, 2.05) is 6.92 Å². The number of aromatic nitrogens is 4. The predicted molar refractivity (Wildman–Crippen MR) is 90.7 cm³/mol. The lowest BCUT2D eigenvalue weighted by Gasteiger charge is -2.04. The van der Waals surface area contributed by atoms with Crippen molar-refractivity contribution in [3.8, 4) is 0 Å². The fourth-order valence-corrected chi connectivity index (χ4v) is 3.38. The van der Waals surface area contributed by atoms with Gasteiger partial charge in [0, 0.05) is 12.3 Å². The van der Waals surface area contributed by atoms with Gasteiger partial charge >= 0.3 is 5.97 Å². The van der Waals surface area contributed by atoms with Crippen LogP contribution in [-0.2, 0) is 11.3 Å². The third kappa shape index (κ3) is 3.08. The molecule has 24 heavy (non-hydrogen) atoms. The first-order valence-electron chi connectivity index (χ1n) is 7.46. The Balaban J connectivity index is 1.97. The van der Waals surface area contributed by atoms with E-state index in [4.69, 9.17) is 9.84 Å². The quantitative estimate of drug-likeness (QED) is 0.658. The average Bonchev–Trinajstić information content (AvgIpc) is 3.13. The molecule has 9 heteroatoms. The average molecular weight is 347 g/mol. The van der Waals surface area contributed by atoms with Gasteiger partial charge in [0.15, 0.2) is 5.82 Å². The van der Waals surface area contributed by atoms with Crippen LogP contribution < -0.4 is 5.32 Å². The minimum atomic E-state index is -0.351. The molecule has 0 aliphatic heterocycles. The van der Waals surface area contributed by atoms with Gasteiger partial charge in [0.25, 0.3) is 0 Å². The molecule has 8 nitrogen and oxygen atoms in total. The fourth-order valence-electron chi connectivity index (χ4n) is 2.33. The zero-order valence-electron chi connectivity index (χ0n) is 13.3. The second-order valence-corrected chi connectivity index (χ2v) is 5.99. The van der Waals surface area contributed by atoms with E-state index >= 15 is 0 Å². The highest BCUT2D eigenvalue weighted by molar-refractivity contribution is 7.20. The first-order valence-corrected chi connectivity index (χ1v) is 8.28. The summed E-state index contributed by atoms with van der Waals surface area (Å²) in [5.74, 6) is 0.835. The maximum atomic E-state index is 12.1. The van der Waals surface area contributed by atoms with Crippen LogP contribution in [-0.4, -0.2) is 44.0 Å². The van der Waals surface area contributed by atoms with Crippen LogP contribution in [0.4, 0.5) is 11.6 Å². The molecule has 0 fully saturated rings. The maximum Gasteiger partial charge on any atom is 0.348 e. The molecule has 0 bridgehead atoms. The summed E-state index contributed by atoms with van der Waals surface area (Å²) in [5.41, 5.74) is 0.784. The predicted octanol–water partition coefficient (Wildman–Crippen LogP) is 2.11. The molecule has 126 valence electrons. The Labute approximate surface area is 142 Å². The number of carbonyl (C=O) groups excluding carboxylic acids is 1.